The van der Waals surface area contributed by atoms with Gasteiger partial charge in [-0.15, -0.1) is 0 Å². The summed E-state index contributed by atoms with van der Waals surface area (Å²) in [4.78, 5) is 20.5. The van der Waals surface area contributed by atoms with Gasteiger partial charge in [-0.25, -0.2) is 0 Å². The number of hydrazone groups is 1. The fourth-order valence-corrected chi connectivity index (χ4v) is 2.58. The summed E-state index contributed by atoms with van der Waals surface area (Å²) in [5, 5.41) is 26.5. The molecule has 3 aromatic carbocycles. The fraction of sp³-hybridized carbons (Fsp3) is 0.0500. The van der Waals surface area contributed by atoms with Crippen molar-refractivity contribution in [3.05, 3.63) is 103 Å². The molecule has 0 aliphatic heterocycles. The van der Waals surface area contributed by atoms with Crippen molar-refractivity contribution < 1.29 is 14.6 Å². The molecule has 0 aromatic heterocycles. The Bertz CT molecular complexity index is 1090. The highest BCUT2D eigenvalue weighted by Gasteiger charge is 2.19. The molecular formula is C20H15ClN4O5. The van der Waals surface area contributed by atoms with Crippen LogP contribution in [0.25, 0.3) is 0 Å². The topological polar surface area (TPSA) is 120 Å². The Morgan fingerprint density at radius 1 is 0.967 bits per heavy atom. The number of hydrogen-bond acceptors (Lipinski definition) is 7. The van der Waals surface area contributed by atoms with Crippen LogP contribution in [0.4, 0.5) is 17.1 Å². The Balaban J connectivity index is 1.61. The van der Waals surface area contributed by atoms with Crippen molar-refractivity contribution in [2.75, 3.05) is 5.43 Å². The van der Waals surface area contributed by atoms with E-state index in [1.54, 1.807) is 36.4 Å². The maximum absolute atomic E-state index is 11.1. The Labute approximate surface area is 175 Å². The number of hydrogen-bond donors (Lipinski definition) is 1. The maximum atomic E-state index is 11.1. The van der Waals surface area contributed by atoms with Crippen molar-refractivity contribution in [1.82, 2.24) is 0 Å². The molecule has 0 saturated carbocycles. The molecule has 9 nitrogen and oxygen atoms in total. The number of nitro benzene ring substituents is 2. The third-order valence-electron chi connectivity index (χ3n) is 3.99. The molecule has 1 N–H and O–H groups in total. The first-order valence-electron chi connectivity index (χ1n) is 8.61. The first kappa shape index (κ1) is 20.7. The summed E-state index contributed by atoms with van der Waals surface area (Å²) in [6.45, 7) is 0.399. The van der Waals surface area contributed by atoms with Gasteiger partial charge in [-0.05, 0) is 53.6 Å². The van der Waals surface area contributed by atoms with Crippen molar-refractivity contribution in [3.8, 4) is 5.75 Å². The molecule has 0 aliphatic rings. The molecule has 0 saturated heterocycles. The van der Waals surface area contributed by atoms with Gasteiger partial charge in [-0.3, -0.25) is 25.7 Å². The molecule has 10 heteroatoms. The largest absolute Gasteiger partial charge is 0.489 e. The van der Waals surface area contributed by atoms with E-state index in [0.717, 1.165) is 23.3 Å². The van der Waals surface area contributed by atoms with Gasteiger partial charge in [-0.2, -0.15) is 5.10 Å². The van der Waals surface area contributed by atoms with Gasteiger partial charge in [0, 0.05) is 11.1 Å². The lowest BCUT2D eigenvalue weighted by Gasteiger charge is -2.06. The predicted octanol–water partition coefficient (Wildman–Crippen LogP) is 5.18. The second kappa shape index (κ2) is 9.48. The van der Waals surface area contributed by atoms with E-state index in [-0.39, 0.29) is 11.4 Å². The molecule has 30 heavy (non-hydrogen) atoms. The number of nitro groups is 2. The van der Waals surface area contributed by atoms with Crippen LogP contribution in [0.2, 0.25) is 5.02 Å². The minimum absolute atomic E-state index is 0.0461. The summed E-state index contributed by atoms with van der Waals surface area (Å²) in [6.07, 6.45) is 1.47. The molecule has 0 atom stereocenters. The summed E-state index contributed by atoms with van der Waals surface area (Å²) < 4.78 is 5.70. The van der Waals surface area contributed by atoms with E-state index in [2.05, 4.69) is 10.5 Å². The Morgan fingerprint density at radius 3 is 2.30 bits per heavy atom. The lowest BCUT2D eigenvalue weighted by molar-refractivity contribution is -0.393. The molecule has 3 aromatic rings. The lowest BCUT2D eigenvalue weighted by atomic mass is 10.2. The summed E-state index contributed by atoms with van der Waals surface area (Å²) >= 11 is 5.85. The highest BCUT2D eigenvalue weighted by atomic mass is 35.5. The van der Waals surface area contributed by atoms with E-state index in [4.69, 9.17) is 16.3 Å². The van der Waals surface area contributed by atoms with E-state index >= 15 is 0 Å². The fourth-order valence-electron chi connectivity index (χ4n) is 2.45. The first-order chi connectivity index (χ1) is 14.4. The lowest BCUT2D eigenvalue weighted by Crippen LogP contribution is -1.99. The van der Waals surface area contributed by atoms with Gasteiger partial charge in [0.05, 0.1) is 22.1 Å². The van der Waals surface area contributed by atoms with Gasteiger partial charge in [0.2, 0.25) is 0 Å². The Hall–Kier alpha value is -3.98. The zero-order chi connectivity index (χ0) is 21.5. The van der Waals surface area contributed by atoms with Crippen LogP contribution in [-0.2, 0) is 6.61 Å². The Kier molecular flexibility index (Phi) is 6.56. The van der Waals surface area contributed by atoms with E-state index in [0.29, 0.717) is 17.4 Å². The second-order valence-corrected chi connectivity index (χ2v) is 6.51. The van der Waals surface area contributed by atoms with Crippen LogP contribution in [0, 0.1) is 20.2 Å². The van der Waals surface area contributed by atoms with Crippen molar-refractivity contribution in [3.63, 3.8) is 0 Å². The van der Waals surface area contributed by atoms with Crippen LogP contribution in [0.3, 0.4) is 0 Å². The second-order valence-electron chi connectivity index (χ2n) is 6.07. The molecule has 0 amide bonds. The normalized spacial score (nSPS) is 10.7. The smallest absolute Gasteiger partial charge is 0.301 e. The highest BCUT2D eigenvalue weighted by Crippen LogP contribution is 2.28. The van der Waals surface area contributed by atoms with Crippen LogP contribution < -0.4 is 10.2 Å². The molecule has 0 unspecified atom stereocenters. The number of halogens is 1. The highest BCUT2D eigenvalue weighted by molar-refractivity contribution is 6.30. The van der Waals surface area contributed by atoms with Gasteiger partial charge in [-0.1, -0.05) is 23.7 Å². The van der Waals surface area contributed by atoms with Crippen molar-refractivity contribution in [2.45, 2.75) is 6.61 Å². The summed E-state index contributed by atoms with van der Waals surface area (Å²) in [5.74, 6) is 0.668. The molecule has 3 rings (SSSR count). The molecule has 0 spiro atoms. The molecule has 0 heterocycles. The number of rotatable bonds is 8. The SMILES string of the molecule is O=[N+]([O-])c1ccc(N/N=C/c2ccc(OCc3ccc(Cl)cc3)cc2)c([N+](=O)[O-])c1. The third-order valence-corrected chi connectivity index (χ3v) is 4.24. The van der Waals surface area contributed by atoms with Crippen molar-refractivity contribution >= 4 is 34.9 Å². The zero-order valence-corrected chi connectivity index (χ0v) is 16.2. The van der Waals surface area contributed by atoms with Crippen LogP contribution >= 0.6 is 11.6 Å². The third kappa shape index (κ3) is 5.52. The average Bonchev–Trinajstić information content (AvgIpc) is 2.74. The van der Waals surface area contributed by atoms with Crippen molar-refractivity contribution in [1.29, 1.82) is 0 Å². The minimum atomic E-state index is -0.711. The summed E-state index contributed by atoms with van der Waals surface area (Å²) in [5.41, 5.74) is 3.49. The average molecular weight is 427 g/mol. The molecule has 152 valence electrons. The Morgan fingerprint density at radius 2 is 1.67 bits per heavy atom. The van der Waals surface area contributed by atoms with Crippen LogP contribution in [0.1, 0.15) is 11.1 Å². The number of anilines is 1. The molecule has 0 fully saturated rings. The van der Waals surface area contributed by atoms with Crippen molar-refractivity contribution in [2.24, 2.45) is 5.10 Å². The number of nitrogens with one attached hydrogen (secondary N) is 1. The molecule has 0 radical (unpaired) electrons. The van der Waals surface area contributed by atoms with Gasteiger partial charge >= 0.3 is 5.69 Å². The van der Waals surface area contributed by atoms with E-state index in [1.807, 2.05) is 12.1 Å². The first-order valence-corrected chi connectivity index (χ1v) is 8.99. The van der Waals surface area contributed by atoms with E-state index in [9.17, 15) is 20.2 Å². The standard InChI is InChI=1S/C20H15ClN4O5/c21-16-5-1-15(2-6-16)13-30-18-8-3-14(4-9-18)12-22-23-19-10-7-17(24(26)27)11-20(19)25(28)29/h1-12,23H,13H2/b22-12+. The zero-order valence-electron chi connectivity index (χ0n) is 15.4. The summed E-state index contributed by atoms with van der Waals surface area (Å²) in [6, 6.07) is 17.7. The molecular weight excluding hydrogens is 412 g/mol. The number of nitrogens with zero attached hydrogens (tertiary/aromatic N) is 3. The molecule has 0 aliphatic carbocycles. The van der Waals surface area contributed by atoms with Gasteiger partial charge < -0.3 is 4.74 Å². The number of non-ortho nitro benzene ring substituents is 1. The minimum Gasteiger partial charge on any atom is -0.489 e. The number of ether oxygens (including phenoxy) is 1. The quantitative estimate of drug-likeness (QED) is 0.301. The van der Waals surface area contributed by atoms with Crippen LogP contribution in [0.5, 0.6) is 5.75 Å². The van der Waals surface area contributed by atoms with E-state index in [1.165, 1.54) is 12.3 Å². The van der Waals surface area contributed by atoms with Crippen LogP contribution in [-0.4, -0.2) is 16.1 Å². The predicted molar refractivity (Wildman–Crippen MR) is 113 cm³/mol. The maximum Gasteiger partial charge on any atom is 0.301 e. The van der Waals surface area contributed by atoms with Crippen LogP contribution in [0.15, 0.2) is 71.8 Å². The van der Waals surface area contributed by atoms with Gasteiger partial charge in [0.25, 0.3) is 5.69 Å². The monoisotopic (exact) mass is 426 g/mol. The van der Waals surface area contributed by atoms with E-state index < -0.39 is 15.5 Å². The summed E-state index contributed by atoms with van der Waals surface area (Å²) in [7, 11) is 0. The van der Waals surface area contributed by atoms with Gasteiger partial charge in [0.1, 0.15) is 18.0 Å². The molecule has 0 bridgehead atoms. The van der Waals surface area contributed by atoms with Gasteiger partial charge in [0.15, 0.2) is 0 Å². The number of benzene rings is 3.